The van der Waals surface area contributed by atoms with Crippen molar-refractivity contribution in [2.75, 3.05) is 13.1 Å². The van der Waals surface area contributed by atoms with E-state index in [0.29, 0.717) is 48.2 Å². The van der Waals surface area contributed by atoms with E-state index in [-0.39, 0.29) is 29.3 Å². The Balaban J connectivity index is 1.41. The van der Waals surface area contributed by atoms with E-state index in [9.17, 15) is 18.0 Å². The first kappa shape index (κ1) is 19.1. The van der Waals surface area contributed by atoms with Gasteiger partial charge in [0.05, 0.1) is 27.9 Å². The molecule has 2 aliphatic heterocycles. The maximum absolute atomic E-state index is 13.2. The number of carbonyl (C=O) groups excluding carboxylic acids is 1. The van der Waals surface area contributed by atoms with E-state index in [0.717, 1.165) is 0 Å². The minimum absolute atomic E-state index is 0.0371. The summed E-state index contributed by atoms with van der Waals surface area (Å²) in [5.74, 6) is 0.613. The maximum Gasteiger partial charge on any atom is 0.323 e. The van der Waals surface area contributed by atoms with Gasteiger partial charge in [0.2, 0.25) is 10.0 Å². The quantitative estimate of drug-likeness (QED) is 0.652. The summed E-state index contributed by atoms with van der Waals surface area (Å²) in [6.07, 6.45) is 1.91. The number of nitrogens with zero attached hydrogens (tertiary/aromatic N) is 1. The largest absolute Gasteiger partial charge is 0.486 e. The van der Waals surface area contributed by atoms with Gasteiger partial charge in [-0.05, 0) is 43.2 Å². The number of para-hydroxylation sites is 1. The van der Waals surface area contributed by atoms with Crippen molar-refractivity contribution in [3.8, 4) is 5.75 Å². The first-order chi connectivity index (χ1) is 14.4. The predicted octanol–water partition coefficient (Wildman–Crippen LogP) is 2.44. The van der Waals surface area contributed by atoms with Crippen molar-refractivity contribution in [2.45, 2.75) is 36.2 Å². The van der Waals surface area contributed by atoms with Crippen LogP contribution in [0.25, 0.3) is 11.0 Å². The molecule has 2 N–H and O–H groups in total. The van der Waals surface area contributed by atoms with E-state index in [2.05, 4.69) is 9.97 Å². The van der Waals surface area contributed by atoms with Crippen LogP contribution in [0.3, 0.4) is 0 Å². The van der Waals surface area contributed by atoms with Gasteiger partial charge in [-0.3, -0.25) is 4.79 Å². The van der Waals surface area contributed by atoms with Crippen molar-refractivity contribution >= 4 is 26.8 Å². The molecule has 0 bridgehead atoms. The predicted molar refractivity (Wildman–Crippen MR) is 110 cm³/mol. The summed E-state index contributed by atoms with van der Waals surface area (Å²) >= 11 is 0. The lowest BCUT2D eigenvalue weighted by atomic mass is 9.84. The number of aromatic amines is 2. The zero-order valence-corrected chi connectivity index (χ0v) is 17.0. The number of Topliss-reactive ketones (excluding diaryl/α,β-unsaturated/α-hetero) is 1. The van der Waals surface area contributed by atoms with Crippen LogP contribution in [0.15, 0.2) is 52.2 Å². The molecule has 0 aliphatic carbocycles. The molecule has 1 unspecified atom stereocenters. The molecule has 3 aromatic rings. The Bertz CT molecular complexity index is 1310. The minimum Gasteiger partial charge on any atom is -0.486 e. The van der Waals surface area contributed by atoms with Gasteiger partial charge in [-0.1, -0.05) is 12.1 Å². The summed E-state index contributed by atoms with van der Waals surface area (Å²) < 4.78 is 34.2. The molecule has 2 aliphatic rings. The molecule has 156 valence electrons. The van der Waals surface area contributed by atoms with E-state index in [1.165, 1.54) is 16.4 Å². The molecule has 0 saturated carbocycles. The fourth-order valence-corrected chi connectivity index (χ4v) is 5.93. The fraction of sp³-hybridized carbons (Fsp3) is 0.333. The zero-order valence-electron chi connectivity index (χ0n) is 16.2. The van der Waals surface area contributed by atoms with Crippen molar-refractivity contribution in [1.29, 1.82) is 0 Å². The third-order valence-electron chi connectivity index (χ3n) is 5.98. The Kier molecular flexibility index (Phi) is 4.33. The number of carbonyl (C=O) groups is 1. The van der Waals surface area contributed by atoms with Crippen molar-refractivity contribution in [3.05, 3.63) is 58.5 Å². The second-order valence-corrected chi connectivity index (χ2v) is 9.86. The zero-order chi connectivity index (χ0) is 20.9. The second-order valence-electron chi connectivity index (χ2n) is 7.93. The standard InChI is InChI=1S/C21H21N3O5S/c25-18-13-21(29-19-5-2-1-4-15(18)19)8-3-10-24(11-9-21)30(27,28)14-6-7-16-17(12-14)23-20(26)22-16/h1-2,4-7,12H,3,8-11,13H2,(H2,22,23,26). The number of sulfonamides is 1. The Hall–Kier alpha value is -2.91. The van der Waals surface area contributed by atoms with Crippen molar-refractivity contribution < 1.29 is 17.9 Å². The summed E-state index contributed by atoms with van der Waals surface area (Å²) in [6.45, 7) is 0.616. The van der Waals surface area contributed by atoms with Gasteiger partial charge in [0, 0.05) is 19.5 Å². The monoisotopic (exact) mass is 427 g/mol. The normalized spacial score (nSPS) is 22.6. The van der Waals surface area contributed by atoms with Gasteiger partial charge in [0.1, 0.15) is 11.4 Å². The van der Waals surface area contributed by atoms with E-state index < -0.39 is 15.6 Å². The molecule has 30 heavy (non-hydrogen) atoms. The third kappa shape index (κ3) is 3.14. The molecule has 1 aromatic heterocycles. The molecule has 8 nitrogen and oxygen atoms in total. The molecular weight excluding hydrogens is 406 g/mol. The molecule has 1 atom stereocenters. The van der Waals surface area contributed by atoms with Crippen molar-refractivity contribution in [2.24, 2.45) is 0 Å². The number of aromatic nitrogens is 2. The van der Waals surface area contributed by atoms with Crippen LogP contribution in [0, 0.1) is 0 Å². The number of imidazole rings is 1. The fourth-order valence-electron chi connectivity index (χ4n) is 4.43. The van der Waals surface area contributed by atoms with Gasteiger partial charge in [0.25, 0.3) is 0 Å². The maximum atomic E-state index is 13.2. The van der Waals surface area contributed by atoms with Crippen LogP contribution in [0.1, 0.15) is 36.0 Å². The van der Waals surface area contributed by atoms with E-state index in [1.54, 1.807) is 18.2 Å². The van der Waals surface area contributed by atoms with Crippen LogP contribution in [-0.2, 0) is 10.0 Å². The summed E-state index contributed by atoms with van der Waals surface area (Å²) in [6, 6.07) is 11.8. The van der Waals surface area contributed by atoms with Gasteiger partial charge in [-0.15, -0.1) is 0 Å². The van der Waals surface area contributed by atoms with Crippen LogP contribution in [0.5, 0.6) is 5.75 Å². The highest BCUT2D eigenvalue weighted by Crippen LogP contribution is 2.39. The molecule has 5 rings (SSSR count). The summed E-state index contributed by atoms with van der Waals surface area (Å²) in [5.41, 5.74) is 0.541. The number of hydrogen-bond donors (Lipinski definition) is 2. The Morgan fingerprint density at radius 3 is 2.63 bits per heavy atom. The molecule has 3 heterocycles. The van der Waals surface area contributed by atoms with Crippen LogP contribution in [0.2, 0.25) is 0 Å². The van der Waals surface area contributed by atoms with Gasteiger partial charge in [0.15, 0.2) is 5.78 Å². The Morgan fingerprint density at radius 2 is 1.77 bits per heavy atom. The molecule has 1 spiro atoms. The van der Waals surface area contributed by atoms with Gasteiger partial charge >= 0.3 is 5.69 Å². The number of benzene rings is 2. The smallest absolute Gasteiger partial charge is 0.323 e. The lowest BCUT2D eigenvalue weighted by molar-refractivity contribution is 0.0312. The summed E-state index contributed by atoms with van der Waals surface area (Å²) in [7, 11) is -3.74. The summed E-state index contributed by atoms with van der Waals surface area (Å²) in [5, 5.41) is 0. The Morgan fingerprint density at radius 1 is 0.967 bits per heavy atom. The van der Waals surface area contributed by atoms with E-state index >= 15 is 0 Å². The first-order valence-corrected chi connectivity index (χ1v) is 11.3. The molecule has 0 radical (unpaired) electrons. The molecule has 9 heteroatoms. The number of rotatable bonds is 2. The SMILES string of the molecule is O=C1CC2(CCCN(S(=O)(=O)c3ccc4[nH]c(=O)[nH]c4c3)CC2)Oc2ccccc21. The minimum atomic E-state index is -3.74. The van der Waals surface area contributed by atoms with Crippen molar-refractivity contribution in [3.63, 3.8) is 0 Å². The molecule has 2 aromatic carbocycles. The number of fused-ring (bicyclic) bond motifs is 2. The van der Waals surface area contributed by atoms with Crippen LogP contribution < -0.4 is 10.4 Å². The molecular formula is C21H21N3O5S. The molecule has 1 fully saturated rings. The van der Waals surface area contributed by atoms with Crippen LogP contribution >= 0.6 is 0 Å². The van der Waals surface area contributed by atoms with E-state index in [4.69, 9.17) is 4.74 Å². The lowest BCUT2D eigenvalue weighted by Gasteiger charge is -2.37. The molecule has 0 amide bonds. The Labute approximate surface area is 172 Å². The first-order valence-electron chi connectivity index (χ1n) is 9.90. The van der Waals surface area contributed by atoms with Crippen LogP contribution in [-0.4, -0.2) is 47.2 Å². The number of H-pyrrole nitrogens is 2. The number of ketones is 1. The third-order valence-corrected chi connectivity index (χ3v) is 7.87. The van der Waals surface area contributed by atoms with Crippen molar-refractivity contribution in [1.82, 2.24) is 14.3 Å². The highest BCUT2D eigenvalue weighted by molar-refractivity contribution is 7.89. The topological polar surface area (TPSA) is 112 Å². The van der Waals surface area contributed by atoms with E-state index in [1.807, 2.05) is 12.1 Å². The molecule has 1 saturated heterocycles. The number of ether oxygens (including phenoxy) is 1. The summed E-state index contributed by atoms with van der Waals surface area (Å²) in [4.78, 5) is 29.5. The highest BCUT2D eigenvalue weighted by Gasteiger charge is 2.43. The van der Waals surface area contributed by atoms with Crippen LogP contribution in [0.4, 0.5) is 0 Å². The average Bonchev–Trinajstić information content (AvgIpc) is 2.97. The lowest BCUT2D eigenvalue weighted by Crippen LogP contribution is -2.43. The number of hydrogen-bond acceptors (Lipinski definition) is 5. The second kappa shape index (κ2) is 6.82. The highest BCUT2D eigenvalue weighted by atomic mass is 32.2. The average molecular weight is 427 g/mol. The van der Waals surface area contributed by atoms with Gasteiger partial charge in [-0.25, -0.2) is 13.2 Å². The van der Waals surface area contributed by atoms with Gasteiger partial charge in [-0.2, -0.15) is 4.31 Å². The number of nitrogens with one attached hydrogen (secondary N) is 2. The van der Waals surface area contributed by atoms with Gasteiger partial charge < -0.3 is 14.7 Å².